The molecule has 0 unspecified atom stereocenters. The average Bonchev–Trinajstić information content (AvgIpc) is 2.97. The second-order valence-electron chi connectivity index (χ2n) is 4.98. The highest BCUT2D eigenvalue weighted by Gasteiger charge is 2.09. The van der Waals surface area contributed by atoms with Crippen molar-refractivity contribution in [2.24, 2.45) is 0 Å². The molecule has 0 aliphatic carbocycles. The Balaban J connectivity index is 2.01. The highest BCUT2D eigenvalue weighted by molar-refractivity contribution is 5.83. The number of aromatic nitrogens is 4. The van der Waals surface area contributed by atoms with Gasteiger partial charge in [-0.05, 0) is 37.4 Å². The van der Waals surface area contributed by atoms with E-state index in [-0.39, 0.29) is 0 Å². The lowest BCUT2D eigenvalue weighted by Crippen LogP contribution is -2.11. The van der Waals surface area contributed by atoms with Crippen LogP contribution in [0.3, 0.4) is 0 Å². The quantitative estimate of drug-likeness (QED) is 0.731. The first-order valence-electron chi connectivity index (χ1n) is 6.38. The number of nitrogen functional groups attached to an aromatic ring is 1. The van der Waals surface area contributed by atoms with Crippen molar-refractivity contribution in [2.45, 2.75) is 26.4 Å². The molecule has 0 spiro atoms. The summed E-state index contributed by atoms with van der Waals surface area (Å²) in [5.41, 5.74) is 7.76. The molecule has 0 radical (unpaired) electrons. The standard InChI is InChI=1S/C14H17N5/c1-10(2)19-14(16-9-17-19)8-18-6-5-11-3-4-12(15)7-13(11)18/h3-7,9-10H,8,15H2,1-2H3. The predicted molar refractivity (Wildman–Crippen MR) is 75.9 cm³/mol. The maximum atomic E-state index is 5.86. The van der Waals surface area contributed by atoms with E-state index in [4.69, 9.17) is 5.73 Å². The van der Waals surface area contributed by atoms with Crippen molar-refractivity contribution in [3.05, 3.63) is 42.6 Å². The molecule has 2 N–H and O–H groups in total. The summed E-state index contributed by atoms with van der Waals surface area (Å²) in [4.78, 5) is 4.34. The van der Waals surface area contributed by atoms with Gasteiger partial charge in [0.15, 0.2) is 0 Å². The van der Waals surface area contributed by atoms with Gasteiger partial charge >= 0.3 is 0 Å². The summed E-state index contributed by atoms with van der Waals surface area (Å²) in [6, 6.07) is 8.35. The summed E-state index contributed by atoms with van der Waals surface area (Å²) < 4.78 is 4.09. The van der Waals surface area contributed by atoms with E-state index in [0.29, 0.717) is 12.6 Å². The van der Waals surface area contributed by atoms with Crippen molar-refractivity contribution in [2.75, 3.05) is 5.73 Å². The molecule has 0 bridgehead atoms. The van der Waals surface area contributed by atoms with Crippen LogP contribution in [0.5, 0.6) is 0 Å². The van der Waals surface area contributed by atoms with Gasteiger partial charge in [0, 0.05) is 17.9 Å². The van der Waals surface area contributed by atoms with Crippen LogP contribution in [0.1, 0.15) is 25.7 Å². The molecule has 3 rings (SSSR count). The van der Waals surface area contributed by atoms with Gasteiger partial charge in [-0.1, -0.05) is 6.07 Å². The minimum Gasteiger partial charge on any atom is -0.399 e. The zero-order chi connectivity index (χ0) is 13.4. The van der Waals surface area contributed by atoms with Gasteiger partial charge in [-0.2, -0.15) is 5.10 Å². The summed E-state index contributed by atoms with van der Waals surface area (Å²) in [7, 11) is 0. The fourth-order valence-corrected chi connectivity index (χ4v) is 2.31. The molecular weight excluding hydrogens is 238 g/mol. The van der Waals surface area contributed by atoms with E-state index in [9.17, 15) is 0 Å². The smallest absolute Gasteiger partial charge is 0.147 e. The molecule has 0 amide bonds. The summed E-state index contributed by atoms with van der Waals surface area (Å²) in [6.45, 7) is 4.90. The fraction of sp³-hybridized carbons (Fsp3) is 0.286. The summed E-state index contributed by atoms with van der Waals surface area (Å²) in [5, 5.41) is 5.45. The van der Waals surface area contributed by atoms with Crippen molar-refractivity contribution < 1.29 is 0 Å². The van der Waals surface area contributed by atoms with Crippen LogP contribution in [-0.4, -0.2) is 19.3 Å². The second kappa shape index (κ2) is 4.42. The van der Waals surface area contributed by atoms with Gasteiger partial charge in [-0.3, -0.25) is 0 Å². The maximum absolute atomic E-state index is 5.86. The lowest BCUT2D eigenvalue weighted by atomic mass is 10.2. The molecule has 0 aliphatic heterocycles. The number of nitrogens with two attached hydrogens (primary N) is 1. The molecule has 1 aromatic carbocycles. The minimum absolute atomic E-state index is 0.310. The third kappa shape index (κ3) is 2.07. The van der Waals surface area contributed by atoms with Gasteiger partial charge in [0.25, 0.3) is 0 Å². The van der Waals surface area contributed by atoms with Crippen LogP contribution < -0.4 is 5.73 Å². The normalized spacial score (nSPS) is 11.5. The Morgan fingerprint density at radius 3 is 2.89 bits per heavy atom. The molecule has 0 saturated carbocycles. The summed E-state index contributed by atoms with van der Waals surface area (Å²) in [5.74, 6) is 0.954. The molecule has 2 heterocycles. The van der Waals surface area contributed by atoms with Gasteiger partial charge in [0.2, 0.25) is 0 Å². The van der Waals surface area contributed by atoms with Crippen LogP contribution in [0.15, 0.2) is 36.8 Å². The Morgan fingerprint density at radius 1 is 1.26 bits per heavy atom. The van der Waals surface area contributed by atoms with Crippen molar-refractivity contribution in [1.82, 2.24) is 19.3 Å². The van der Waals surface area contributed by atoms with E-state index in [2.05, 4.69) is 40.8 Å². The van der Waals surface area contributed by atoms with E-state index >= 15 is 0 Å². The summed E-state index contributed by atoms with van der Waals surface area (Å²) in [6.07, 6.45) is 3.67. The van der Waals surface area contributed by atoms with Crippen LogP contribution in [0.2, 0.25) is 0 Å². The van der Waals surface area contributed by atoms with Crippen LogP contribution in [0.25, 0.3) is 10.9 Å². The molecule has 5 heteroatoms. The Labute approximate surface area is 111 Å². The predicted octanol–water partition coefficient (Wildman–Crippen LogP) is 2.44. The first kappa shape index (κ1) is 11.8. The lowest BCUT2D eigenvalue weighted by Gasteiger charge is -2.10. The number of hydrogen-bond donors (Lipinski definition) is 1. The van der Waals surface area contributed by atoms with E-state index in [1.54, 1.807) is 6.33 Å². The molecular formula is C14H17N5. The van der Waals surface area contributed by atoms with Crippen LogP contribution in [-0.2, 0) is 6.54 Å². The minimum atomic E-state index is 0.310. The monoisotopic (exact) mass is 255 g/mol. The van der Waals surface area contributed by atoms with E-state index in [0.717, 1.165) is 17.0 Å². The number of benzene rings is 1. The Bertz CT molecular complexity index is 708. The van der Waals surface area contributed by atoms with Gasteiger partial charge < -0.3 is 10.3 Å². The van der Waals surface area contributed by atoms with Gasteiger partial charge in [-0.15, -0.1) is 0 Å². The zero-order valence-corrected chi connectivity index (χ0v) is 11.1. The third-order valence-corrected chi connectivity index (χ3v) is 3.25. The molecule has 5 nitrogen and oxygen atoms in total. The Hall–Kier alpha value is -2.30. The highest BCUT2D eigenvalue weighted by atomic mass is 15.4. The van der Waals surface area contributed by atoms with E-state index in [1.807, 2.05) is 22.9 Å². The largest absolute Gasteiger partial charge is 0.399 e. The number of rotatable bonds is 3. The van der Waals surface area contributed by atoms with Crippen LogP contribution in [0.4, 0.5) is 5.69 Å². The van der Waals surface area contributed by atoms with Crippen molar-refractivity contribution in [3.8, 4) is 0 Å². The van der Waals surface area contributed by atoms with Gasteiger partial charge in [-0.25, -0.2) is 9.67 Å². The van der Waals surface area contributed by atoms with Gasteiger partial charge in [0.05, 0.1) is 12.1 Å². The summed E-state index contributed by atoms with van der Waals surface area (Å²) >= 11 is 0. The van der Waals surface area contributed by atoms with E-state index in [1.165, 1.54) is 5.39 Å². The number of nitrogens with zero attached hydrogens (tertiary/aromatic N) is 4. The SMILES string of the molecule is CC(C)n1ncnc1Cn1ccc2ccc(N)cc21. The molecule has 0 fully saturated rings. The van der Waals surface area contributed by atoms with Crippen molar-refractivity contribution in [3.63, 3.8) is 0 Å². The number of hydrogen-bond acceptors (Lipinski definition) is 3. The Morgan fingerprint density at radius 2 is 2.11 bits per heavy atom. The van der Waals surface area contributed by atoms with E-state index < -0.39 is 0 Å². The maximum Gasteiger partial charge on any atom is 0.147 e. The second-order valence-corrected chi connectivity index (χ2v) is 4.98. The Kier molecular flexibility index (Phi) is 2.74. The first-order chi connectivity index (χ1) is 9.15. The molecule has 3 aromatic rings. The molecule has 0 saturated heterocycles. The molecule has 0 aliphatic rings. The van der Waals surface area contributed by atoms with Gasteiger partial charge in [0.1, 0.15) is 12.2 Å². The van der Waals surface area contributed by atoms with Crippen LogP contribution in [0, 0.1) is 0 Å². The molecule has 19 heavy (non-hydrogen) atoms. The third-order valence-electron chi connectivity index (χ3n) is 3.25. The molecule has 2 aromatic heterocycles. The lowest BCUT2D eigenvalue weighted by molar-refractivity contribution is 0.498. The van der Waals surface area contributed by atoms with Crippen LogP contribution >= 0.6 is 0 Å². The topological polar surface area (TPSA) is 61.7 Å². The zero-order valence-electron chi connectivity index (χ0n) is 11.1. The average molecular weight is 255 g/mol. The fourth-order valence-electron chi connectivity index (χ4n) is 2.31. The van der Waals surface area contributed by atoms with Crippen molar-refractivity contribution in [1.29, 1.82) is 0 Å². The number of anilines is 1. The first-order valence-corrected chi connectivity index (χ1v) is 6.38. The molecule has 98 valence electrons. The highest BCUT2D eigenvalue weighted by Crippen LogP contribution is 2.20. The number of fused-ring (bicyclic) bond motifs is 1. The van der Waals surface area contributed by atoms with Crippen molar-refractivity contribution >= 4 is 16.6 Å². The molecule has 0 atom stereocenters.